The number of benzene rings is 1. The van der Waals surface area contributed by atoms with Gasteiger partial charge in [-0.25, -0.2) is 14.4 Å². The third kappa shape index (κ3) is 8.23. The minimum absolute atomic E-state index is 0. The third-order valence-corrected chi connectivity index (χ3v) is 4.90. The Hall–Kier alpha value is -2.24. The summed E-state index contributed by atoms with van der Waals surface area (Å²) in [7, 11) is -2.87. The number of nitrogens with zero attached hydrogens (tertiary/aromatic N) is 4. The summed E-state index contributed by atoms with van der Waals surface area (Å²) in [6.07, 6.45) is -1.17. The molecule has 3 aromatic rings. The number of aromatic nitrogens is 3. The monoisotopic (exact) mass is 637 g/mol. The maximum absolute atomic E-state index is 15.3. The molecule has 0 radical (unpaired) electrons. The first kappa shape index (κ1) is 20.7. The summed E-state index contributed by atoms with van der Waals surface area (Å²) in [6.45, 7) is -12.4. The molecule has 15 nitrogen and oxygen atoms in total. The zero-order valence-electron chi connectivity index (χ0n) is 35.3. The molecule has 0 aliphatic carbocycles. The van der Waals surface area contributed by atoms with Crippen LogP contribution in [0.4, 0.5) is 33.5 Å². The molecule has 2 N–H and O–H groups in total. The molecule has 0 spiro atoms. The van der Waals surface area contributed by atoms with Crippen LogP contribution in [0.25, 0.3) is 0 Å². The number of hydrogen-bond donors (Lipinski definition) is 2. The number of carbonyl (C=O) groups excluding carboxylic acids is 1. The van der Waals surface area contributed by atoms with Gasteiger partial charge in [-0.1, -0.05) is 0 Å². The van der Waals surface area contributed by atoms with Crippen LogP contribution in [0, 0.1) is 5.82 Å². The first-order valence-electron chi connectivity index (χ1n) is 16.8. The molecule has 1 amide bonds. The molecule has 42 heavy (non-hydrogen) atoms. The summed E-state index contributed by atoms with van der Waals surface area (Å²) < 4.78 is 156. The van der Waals surface area contributed by atoms with Gasteiger partial charge in [0.15, 0.2) is 40.3 Å². The molecule has 0 atom stereocenters. The Kier molecular flexibility index (Phi) is 7.13. The van der Waals surface area contributed by atoms with Gasteiger partial charge < -0.3 is 48.5 Å². The molecule has 214 valence electrons. The molecule has 0 unspecified atom stereocenters. The topological polar surface area (TPSA) is 192 Å². The first-order chi connectivity index (χ1) is 24.2. The van der Waals surface area contributed by atoms with Crippen LogP contribution in [0.15, 0.2) is 30.3 Å². The number of methoxy groups -OCH3 is 3. The van der Waals surface area contributed by atoms with Crippen LogP contribution in [-0.4, -0.2) is 54.5 Å². The number of amides is 1. The van der Waals surface area contributed by atoms with Gasteiger partial charge in [-0.2, -0.15) is 4.98 Å². The molecule has 19 heteroatoms. The molecular weight excluding hydrogens is 600 g/mol. The molecule has 4 rings (SSSR count). The van der Waals surface area contributed by atoms with Crippen molar-refractivity contribution in [2.75, 3.05) is 43.5 Å². The van der Waals surface area contributed by atoms with E-state index in [4.69, 9.17) is 36.8 Å². The number of anilines is 5. The molecule has 1 aliphatic rings. The number of rotatable bonds is 10. The molecule has 0 saturated heterocycles. The van der Waals surface area contributed by atoms with Crippen LogP contribution in [0.5, 0.6) is 23.0 Å². The summed E-state index contributed by atoms with van der Waals surface area (Å²) in [5, 5.41) is 4.51. The van der Waals surface area contributed by atoms with E-state index in [0.717, 1.165) is 0 Å². The number of phosphoric ester groups is 1. The molecule has 1 aliphatic heterocycles. The van der Waals surface area contributed by atoms with E-state index in [9.17, 15) is 19.1 Å². The van der Waals surface area contributed by atoms with Crippen LogP contribution in [0.3, 0.4) is 0 Å². The van der Waals surface area contributed by atoms with Gasteiger partial charge in [-0.05, 0) is 25.8 Å². The molecule has 3 heterocycles. The van der Waals surface area contributed by atoms with Crippen LogP contribution >= 0.6 is 7.82 Å². The van der Waals surface area contributed by atoms with Crippen LogP contribution in [0.1, 0.15) is 31.5 Å². The molecule has 0 bridgehead atoms. The fourth-order valence-electron chi connectivity index (χ4n) is 2.97. The number of halogens is 1. The Labute approximate surface area is 302 Å². The average molecular weight is 638 g/mol. The van der Waals surface area contributed by atoms with Crippen molar-refractivity contribution in [1.82, 2.24) is 15.0 Å². The van der Waals surface area contributed by atoms with Crippen molar-refractivity contribution in [3.8, 4) is 23.0 Å². The van der Waals surface area contributed by atoms with E-state index in [1.54, 1.807) is 0 Å². The van der Waals surface area contributed by atoms with Gasteiger partial charge >= 0.3 is 59.1 Å². The fraction of sp³-hybridized carbons (Fsp3) is 0.304. The predicted molar refractivity (Wildman–Crippen MR) is 135 cm³/mol. The minimum Gasteiger partial charge on any atom is -0.790 e. The van der Waals surface area contributed by atoms with Crippen molar-refractivity contribution in [2.24, 2.45) is 0 Å². The standard InChI is InChI=1S/C23H26FN6O9P.2Na/c1-23(2)21(31)30(11-38-40(32,33)34)20-14(39-23)6-7-17(28-20)27-19-13(24)10-25-22(29-19)26-12-8-15(35-3)18(37-5)16(9-12)36-4;;/h6-10H,11H2,1-5H3,(H2,32,33,34)(H2,25,26,27,28,29);;/q;2*+1/p-2/i1D3,2D3,6D,7D,8D,9D,10D,11D2;;. The number of ether oxygens (including phenoxy) is 4. The number of nitrogens with one attached hydrogen (secondary N) is 2. The second-order valence-electron chi connectivity index (χ2n) is 7.21. The van der Waals surface area contributed by atoms with E-state index >= 15 is 4.39 Å². The van der Waals surface area contributed by atoms with E-state index in [-0.39, 0.29) is 76.4 Å². The minimum atomic E-state index is -6.43. The molecule has 2 aromatic heterocycles. The smallest absolute Gasteiger partial charge is 0.790 e. The van der Waals surface area contributed by atoms with Gasteiger partial charge in [-0.15, -0.1) is 0 Å². The Morgan fingerprint density at radius 1 is 1.14 bits per heavy atom. The molecule has 0 fully saturated rings. The largest absolute Gasteiger partial charge is 1.00 e. The van der Waals surface area contributed by atoms with Crippen molar-refractivity contribution in [3.05, 3.63) is 36.2 Å². The molecular formula is C23H24FN6Na2O9P. The van der Waals surface area contributed by atoms with E-state index < -0.39 is 116 Å². The van der Waals surface area contributed by atoms with Gasteiger partial charge in [0, 0.05) is 26.0 Å². The van der Waals surface area contributed by atoms with Gasteiger partial charge in [0.1, 0.15) is 12.5 Å². The normalized spacial score (nSPS) is 19.0. The van der Waals surface area contributed by atoms with E-state index in [1.807, 2.05) is 0 Å². The number of pyridine rings is 1. The quantitative estimate of drug-likeness (QED) is 0.161. The van der Waals surface area contributed by atoms with Gasteiger partial charge in [0.25, 0.3) is 5.91 Å². The number of phosphoric acid groups is 1. The van der Waals surface area contributed by atoms with Gasteiger partial charge in [0.2, 0.25) is 11.7 Å². The van der Waals surface area contributed by atoms with E-state index in [1.165, 1.54) is 21.3 Å². The number of carbonyl (C=O) groups is 1. The van der Waals surface area contributed by atoms with Crippen molar-refractivity contribution in [1.29, 1.82) is 0 Å². The number of hydrogen-bond acceptors (Lipinski definition) is 14. The predicted octanol–water partition coefficient (Wildman–Crippen LogP) is -4.16. The zero-order chi connectivity index (χ0) is 40.4. The second kappa shape index (κ2) is 14.5. The number of fused-ring (bicyclic) bond motifs is 1. The van der Waals surface area contributed by atoms with Gasteiger partial charge in [0.05, 0.1) is 44.9 Å². The summed E-state index contributed by atoms with van der Waals surface area (Å²) in [5.41, 5.74) is -4.51. The maximum atomic E-state index is 15.3. The Morgan fingerprint density at radius 2 is 1.81 bits per heavy atom. The zero-order valence-corrected chi connectivity index (χ0v) is 27.2. The van der Waals surface area contributed by atoms with Crippen LogP contribution in [0.2, 0.25) is 0 Å². The first-order valence-corrected chi connectivity index (χ1v) is 11.8. The second-order valence-corrected chi connectivity index (χ2v) is 8.29. The van der Waals surface area contributed by atoms with Gasteiger partial charge in [-0.3, -0.25) is 9.69 Å². The maximum Gasteiger partial charge on any atom is 1.00 e. The van der Waals surface area contributed by atoms with Crippen LogP contribution in [-0.2, 0) is 13.9 Å². The summed E-state index contributed by atoms with van der Waals surface area (Å²) in [5.74, 6) is -10.2. The molecule has 0 saturated carbocycles. The summed E-state index contributed by atoms with van der Waals surface area (Å²) in [4.78, 5) is 47.1. The Balaban J connectivity index is 0.00000523. The van der Waals surface area contributed by atoms with Crippen molar-refractivity contribution in [3.63, 3.8) is 0 Å². The molecule has 1 aromatic carbocycles. The summed E-state index contributed by atoms with van der Waals surface area (Å²) >= 11 is 0. The Morgan fingerprint density at radius 3 is 2.38 bits per heavy atom. The van der Waals surface area contributed by atoms with E-state index in [2.05, 4.69) is 30.1 Å². The third-order valence-electron chi connectivity index (χ3n) is 4.59. The Bertz CT molecular complexity index is 2000. The fourth-order valence-corrected chi connectivity index (χ4v) is 3.15. The SMILES string of the molecule is [2H]c1nc(Nc2c([2H])c(OC)c(OC)c(OC)c2[2H])nc(Nc2nc3c(c([2H])c2[2H])OC(C([2H])([2H])[2H])(C([2H])([2H])[2H])C(=O)N3C([2H])([2H])OP(=O)([O-])[O-])c1F.[Na+].[Na+]. The summed E-state index contributed by atoms with van der Waals surface area (Å²) in [6, 6.07) is -3.56. The van der Waals surface area contributed by atoms with Crippen molar-refractivity contribution in [2.45, 2.75) is 19.3 Å². The average Bonchev–Trinajstić information content (AvgIpc) is 3.01. The van der Waals surface area contributed by atoms with Crippen LogP contribution < -0.4 is 103 Å². The van der Waals surface area contributed by atoms with Crippen molar-refractivity contribution < 1.29 is 124 Å². The van der Waals surface area contributed by atoms with Crippen molar-refractivity contribution >= 4 is 42.8 Å². The van der Waals surface area contributed by atoms with E-state index in [0.29, 0.717) is 0 Å².